The van der Waals surface area contributed by atoms with Crippen LogP contribution in [0.1, 0.15) is 17.3 Å². The molecular formula is C20H18BrN3O5. The Bertz CT molecular complexity index is 986. The summed E-state index contributed by atoms with van der Waals surface area (Å²) in [6, 6.07) is 13.3. The van der Waals surface area contributed by atoms with Gasteiger partial charge in [0.15, 0.2) is 0 Å². The average molecular weight is 460 g/mol. The van der Waals surface area contributed by atoms with Gasteiger partial charge in [0.05, 0.1) is 12.2 Å². The molecule has 0 aliphatic carbocycles. The van der Waals surface area contributed by atoms with Crippen LogP contribution in [0.15, 0.2) is 69.6 Å². The average Bonchev–Trinajstić information content (AvgIpc) is 3.11. The number of hydrogen-bond acceptors (Lipinski definition) is 7. The van der Waals surface area contributed by atoms with Crippen LogP contribution < -0.4 is 10.7 Å². The number of nitrogens with one attached hydrogen (secondary N) is 2. The number of amides is 1. The lowest BCUT2D eigenvalue weighted by Gasteiger charge is -2.09. The maximum atomic E-state index is 12.4. The van der Waals surface area contributed by atoms with E-state index in [0.717, 1.165) is 4.47 Å². The maximum absolute atomic E-state index is 12.4. The normalized spacial score (nSPS) is 14.5. The van der Waals surface area contributed by atoms with Crippen molar-refractivity contribution in [1.29, 1.82) is 0 Å². The lowest BCUT2D eigenvalue weighted by atomic mass is 10.2. The van der Waals surface area contributed by atoms with Crippen LogP contribution in [0.25, 0.3) is 0 Å². The minimum Gasteiger partial charge on any atom is -0.507 e. The molecule has 0 saturated heterocycles. The molecule has 0 atom stereocenters. The standard InChI is InChI=1S/C20H18BrN3O5/c1-2-28-20(27)17-15(23-24-18(26)14-5-3-4-6-16(14)25)11-29-19(17)22-13-9-7-12(21)8-10-13/h3-10,22,25H,2,11H2,1H3,(H,24,26). The van der Waals surface area contributed by atoms with E-state index < -0.39 is 11.9 Å². The topological polar surface area (TPSA) is 109 Å². The van der Waals surface area contributed by atoms with Crippen LogP contribution in [0.5, 0.6) is 5.75 Å². The summed E-state index contributed by atoms with van der Waals surface area (Å²) in [4.78, 5) is 24.7. The number of benzene rings is 2. The van der Waals surface area contributed by atoms with Crippen LogP contribution in [0.2, 0.25) is 0 Å². The third kappa shape index (κ3) is 4.94. The number of hydrazone groups is 1. The van der Waals surface area contributed by atoms with Crippen molar-refractivity contribution in [2.75, 3.05) is 18.5 Å². The number of nitrogens with zero attached hydrogens (tertiary/aromatic N) is 1. The Morgan fingerprint density at radius 3 is 2.62 bits per heavy atom. The van der Waals surface area contributed by atoms with E-state index in [0.29, 0.717) is 5.69 Å². The van der Waals surface area contributed by atoms with E-state index in [1.54, 1.807) is 31.2 Å². The van der Waals surface area contributed by atoms with Crippen molar-refractivity contribution in [2.45, 2.75) is 6.92 Å². The summed E-state index contributed by atoms with van der Waals surface area (Å²) < 4.78 is 11.6. The Hall–Kier alpha value is -3.33. The number of esters is 1. The van der Waals surface area contributed by atoms with Crippen molar-refractivity contribution in [1.82, 2.24) is 5.43 Å². The molecule has 3 N–H and O–H groups in total. The van der Waals surface area contributed by atoms with Crippen molar-refractivity contribution in [2.24, 2.45) is 5.10 Å². The predicted molar refractivity (Wildman–Crippen MR) is 110 cm³/mol. The first kappa shape index (κ1) is 20.4. The highest BCUT2D eigenvalue weighted by atomic mass is 79.9. The van der Waals surface area contributed by atoms with Gasteiger partial charge in [0.2, 0.25) is 5.88 Å². The third-order valence-electron chi connectivity index (χ3n) is 3.89. The Balaban J connectivity index is 1.85. The number of ether oxygens (including phenoxy) is 2. The molecule has 1 aliphatic rings. The summed E-state index contributed by atoms with van der Waals surface area (Å²) in [6.07, 6.45) is 0. The third-order valence-corrected chi connectivity index (χ3v) is 4.42. The monoisotopic (exact) mass is 459 g/mol. The molecule has 0 radical (unpaired) electrons. The van der Waals surface area contributed by atoms with E-state index in [-0.39, 0.29) is 41.7 Å². The molecule has 1 aliphatic heterocycles. The fraction of sp³-hybridized carbons (Fsp3) is 0.150. The number of carbonyl (C=O) groups is 2. The van der Waals surface area contributed by atoms with Crippen molar-refractivity contribution >= 4 is 39.2 Å². The molecule has 2 aromatic carbocycles. The molecule has 1 heterocycles. The van der Waals surface area contributed by atoms with Crippen molar-refractivity contribution in [3.05, 3.63) is 70.0 Å². The Labute approximate surface area is 175 Å². The number of para-hydroxylation sites is 1. The van der Waals surface area contributed by atoms with Crippen LogP contribution in [0.3, 0.4) is 0 Å². The summed E-state index contributed by atoms with van der Waals surface area (Å²) >= 11 is 3.36. The summed E-state index contributed by atoms with van der Waals surface area (Å²) in [5.41, 5.74) is 3.38. The van der Waals surface area contributed by atoms with Gasteiger partial charge in [-0.3, -0.25) is 4.79 Å². The van der Waals surface area contributed by atoms with Crippen LogP contribution in [-0.2, 0) is 14.3 Å². The molecule has 0 spiro atoms. The summed E-state index contributed by atoms with van der Waals surface area (Å²) in [5.74, 6) is -1.23. The second kappa shape index (κ2) is 9.24. The van der Waals surface area contributed by atoms with E-state index in [2.05, 4.69) is 31.8 Å². The maximum Gasteiger partial charge on any atom is 0.345 e. The number of carbonyl (C=O) groups excluding carboxylic acids is 2. The van der Waals surface area contributed by atoms with E-state index in [4.69, 9.17) is 9.47 Å². The largest absolute Gasteiger partial charge is 0.507 e. The van der Waals surface area contributed by atoms with Gasteiger partial charge in [-0.25, -0.2) is 10.2 Å². The number of phenolic OH excluding ortho intramolecular Hbond substituents is 1. The number of rotatable bonds is 6. The minimum absolute atomic E-state index is 0.0337. The van der Waals surface area contributed by atoms with Gasteiger partial charge in [0, 0.05) is 10.2 Å². The summed E-state index contributed by atoms with van der Waals surface area (Å²) in [6.45, 7) is 1.83. The number of phenols is 1. The number of anilines is 1. The smallest absolute Gasteiger partial charge is 0.345 e. The predicted octanol–water partition coefficient (Wildman–Crippen LogP) is 3.16. The minimum atomic E-state index is -0.625. The molecule has 1 amide bonds. The molecule has 3 rings (SSSR count). The highest BCUT2D eigenvalue weighted by Crippen LogP contribution is 2.23. The quantitative estimate of drug-likeness (QED) is 0.452. The van der Waals surface area contributed by atoms with Gasteiger partial charge in [0.25, 0.3) is 5.91 Å². The van der Waals surface area contributed by atoms with Gasteiger partial charge < -0.3 is 19.9 Å². The van der Waals surface area contributed by atoms with E-state index >= 15 is 0 Å². The molecule has 0 saturated carbocycles. The van der Waals surface area contributed by atoms with Gasteiger partial charge in [0.1, 0.15) is 23.6 Å². The lowest BCUT2D eigenvalue weighted by molar-refractivity contribution is -0.137. The van der Waals surface area contributed by atoms with E-state index in [1.165, 1.54) is 12.1 Å². The van der Waals surface area contributed by atoms with Gasteiger partial charge in [-0.2, -0.15) is 5.10 Å². The number of hydrogen-bond donors (Lipinski definition) is 3. The highest BCUT2D eigenvalue weighted by molar-refractivity contribution is 9.10. The van der Waals surface area contributed by atoms with Crippen molar-refractivity contribution in [3.8, 4) is 5.75 Å². The molecule has 8 nitrogen and oxygen atoms in total. The summed E-state index contributed by atoms with van der Waals surface area (Å²) in [7, 11) is 0. The molecule has 0 fully saturated rings. The Morgan fingerprint density at radius 1 is 1.21 bits per heavy atom. The fourth-order valence-corrected chi connectivity index (χ4v) is 2.79. The molecule has 2 aromatic rings. The van der Waals surface area contributed by atoms with Crippen molar-refractivity contribution < 1.29 is 24.2 Å². The molecule has 0 aromatic heterocycles. The van der Waals surface area contributed by atoms with Crippen LogP contribution >= 0.6 is 15.9 Å². The zero-order chi connectivity index (χ0) is 20.8. The first-order chi connectivity index (χ1) is 14.0. The first-order valence-electron chi connectivity index (χ1n) is 8.71. The van der Waals surface area contributed by atoms with Crippen LogP contribution in [0, 0.1) is 0 Å². The Morgan fingerprint density at radius 2 is 1.93 bits per heavy atom. The number of aromatic hydroxyl groups is 1. The molecule has 150 valence electrons. The van der Waals surface area contributed by atoms with Crippen molar-refractivity contribution in [3.63, 3.8) is 0 Å². The molecule has 0 bridgehead atoms. The van der Waals surface area contributed by atoms with E-state index in [1.807, 2.05) is 12.1 Å². The van der Waals surface area contributed by atoms with Gasteiger partial charge in [-0.05, 0) is 43.3 Å². The van der Waals surface area contributed by atoms with Gasteiger partial charge in [-0.1, -0.05) is 28.1 Å². The first-order valence-corrected chi connectivity index (χ1v) is 9.51. The SMILES string of the molecule is CCOC(=O)C1=C(Nc2ccc(Br)cc2)OCC1=NNC(=O)c1ccccc1O. The summed E-state index contributed by atoms with van der Waals surface area (Å²) in [5, 5.41) is 16.8. The molecule has 29 heavy (non-hydrogen) atoms. The highest BCUT2D eigenvalue weighted by Gasteiger charge is 2.31. The fourth-order valence-electron chi connectivity index (χ4n) is 2.52. The molecule has 0 unspecified atom stereocenters. The van der Waals surface area contributed by atoms with Gasteiger partial charge in [-0.15, -0.1) is 0 Å². The van der Waals surface area contributed by atoms with Gasteiger partial charge >= 0.3 is 5.97 Å². The second-order valence-corrected chi connectivity index (χ2v) is 6.78. The lowest BCUT2D eigenvalue weighted by Crippen LogP contribution is -2.23. The zero-order valence-electron chi connectivity index (χ0n) is 15.4. The van der Waals surface area contributed by atoms with E-state index in [9.17, 15) is 14.7 Å². The second-order valence-electron chi connectivity index (χ2n) is 5.86. The Kier molecular flexibility index (Phi) is 6.50. The number of halogens is 1. The molecule has 9 heteroatoms. The molecular weight excluding hydrogens is 442 g/mol. The van der Waals surface area contributed by atoms with Crippen LogP contribution in [0.4, 0.5) is 5.69 Å². The zero-order valence-corrected chi connectivity index (χ0v) is 17.0. The van der Waals surface area contributed by atoms with Crippen LogP contribution in [-0.4, -0.2) is 35.9 Å².